The van der Waals surface area contributed by atoms with Gasteiger partial charge in [-0.05, 0) is 73.6 Å². The Kier molecular flexibility index (Phi) is 4.93. The highest BCUT2D eigenvalue weighted by Gasteiger charge is 2.18. The Balaban J connectivity index is 1.31. The average Bonchev–Trinajstić information content (AvgIpc) is 3.63. The summed E-state index contributed by atoms with van der Waals surface area (Å²) in [5.74, 6) is 0. The largest absolute Gasteiger partial charge is 0.464 e. The summed E-state index contributed by atoms with van der Waals surface area (Å²) < 4.78 is 12.5. The van der Waals surface area contributed by atoms with Gasteiger partial charge in [-0.15, -0.1) is 0 Å². The highest BCUT2D eigenvalue weighted by atomic mass is 16.3. The first-order valence-corrected chi connectivity index (χ1v) is 14.3. The molecule has 0 spiro atoms. The van der Waals surface area contributed by atoms with Gasteiger partial charge in [0, 0.05) is 21.7 Å². The molecular weight excluding hydrogens is 512 g/mol. The van der Waals surface area contributed by atoms with Crippen LogP contribution in [0.5, 0.6) is 0 Å². The summed E-state index contributed by atoms with van der Waals surface area (Å²) in [6, 6.07) is 49.4. The van der Waals surface area contributed by atoms with Gasteiger partial charge >= 0.3 is 0 Å². The molecule has 0 aliphatic rings. The quantitative estimate of drug-likeness (QED) is 0.210. The normalized spacial score (nSPS) is 11.8. The van der Waals surface area contributed by atoms with E-state index in [0.29, 0.717) is 0 Å². The molecule has 0 radical (unpaired) electrons. The zero-order valence-corrected chi connectivity index (χ0v) is 22.7. The van der Waals surface area contributed by atoms with Crippen LogP contribution in [0.15, 0.2) is 155 Å². The molecule has 2 heterocycles. The average molecular weight is 537 g/mol. The Morgan fingerprint density at radius 2 is 0.857 bits per heavy atom. The van der Waals surface area contributed by atoms with Gasteiger partial charge in [0.2, 0.25) is 0 Å². The zero-order valence-electron chi connectivity index (χ0n) is 22.7. The van der Waals surface area contributed by atoms with Crippen molar-refractivity contribution in [3.05, 3.63) is 146 Å². The van der Waals surface area contributed by atoms with E-state index in [2.05, 4.69) is 133 Å². The minimum Gasteiger partial charge on any atom is -0.464 e. The zero-order chi connectivity index (χ0) is 27.6. The third-order valence-corrected chi connectivity index (χ3v) is 8.53. The molecule has 2 nitrogen and oxygen atoms in total. The van der Waals surface area contributed by atoms with Crippen LogP contribution in [-0.4, -0.2) is 0 Å². The number of hydrogen-bond acceptors (Lipinski definition) is 2. The number of benzene rings is 7. The molecule has 9 aromatic rings. The Bertz CT molecular complexity index is 2390. The van der Waals surface area contributed by atoms with Crippen LogP contribution < -0.4 is 0 Å². The van der Waals surface area contributed by atoms with Crippen LogP contribution in [0.25, 0.3) is 87.8 Å². The summed E-state index contributed by atoms with van der Waals surface area (Å²) in [5, 5.41) is 8.18. The molecule has 0 amide bonds. The molecule has 0 atom stereocenters. The number of hydrogen-bond donors (Lipinski definition) is 0. The van der Waals surface area contributed by atoms with Gasteiger partial charge in [0.25, 0.3) is 0 Å². The van der Waals surface area contributed by atoms with Gasteiger partial charge in [0.1, 0.15) is 16.7 Å². The summed E-state index contributed by atoms with van der Waals surface area (Å²) in [4.78, 5) is 0. The van der Waals surface area contributed by atoms with Crippen molar-refractivity contribution in [3.8, 4) is 33.4 Å². The van der Waals surface area contributed by atoms with E-state index in [1.54, 1.807) is 0 Å². The van der Waals surface area contributed by atoms with E-state index in [0.717, 1.165) is 44.0 Å². The summed E-state index contributed by atoms with van der Waals surface area (Å²) in [5.41, 5.74) is 9.71. The minimum atomic E-state index is 0.859. The van der Waals surface area contributed by atoms with Gasteiger partial charge in [-0.1, -0.05) is 115 Å². The monoisotopic (exact) mass is 536 g/mol. The van der Waals surface area contributed by atoms with Crippen LogP contribution in [-0.2, 0) is 0 Å². The maximum Gasteiger partial charge on any atom is 0.136 e. The molecule has 7 aromatic carbocycles. The van der Waals surface area contributed by atoms with Crippen molar-refractivity contribution in [2.45, 2.75) is 0 Å². The van der Waals surface area contributed by atoms with Crippen molar-refractivity contribution in [2.24, 2.45) is 0 Å². The minimum absolute atomic E-state index is 0.859. The van der Waals surface area contributed by atoms with Gasteiger partial charge in [-0.2, -0.15) is 0 Å². The summed E-state index contributed by atoms with van der Waals surface area (Å²) in [6.07, 6.45) is 1.85. The molecular formula is C40H24O2. The molecule has 196 valence electrons. The number of rotatable bonds is 3. The lowest BCUT2D eigenvalue weighted by atomic mass is 9.86. The van der Waals surface area contributed by atoms with E-state index in [9.17, 15) is 0 Å². The van der Waals surface area contributed by atoms with Gasteiger partial charge < -0.3 is 8.83 Å². The second-order valence-corrected chi connectivity index (χ2v) is 10.9. The third kappa shape index (κ3) is 3.39. The van der Waals surface area contributed by atoms with Crippen LogP contribution >= 0.6 is 0 Å². The predicted octanol–water partition coefficient (Wildman–Crippen LogP) is 11.6. The molecule has 0 aliphatic carbocycles. The van der Waals surface area contributed by atoms with Crippen LogP contribution in [0, 0.1) is 0 Å². The van der Waals surface area contributed by atoms with E-state index in [-0.39, 0.29) is 0 Å². The molecule has 0 saturated carbocycles. The topological polar surface area (TPSA) is 26.3 Å². The van der Waals surface area contributed by atoms with Gasteiger partial charge in [-0.25, -0.2) is 0 Å². The van der Waals surface area contributed by atoms with E-state index < -0.39 is 0 Å². The second-order valence-electron chi connectivity index (χ2n) is 10.9. The first-order valence-electron chi connectivity index (χ1n) is 14.3. The first-order chi connectivity index (χ1) is 20.8. The molecule has 0 bridgehead atoms. The Morgan fingerprint density at radius 3 is 1.50 bits per heavy atom. The Morgan fingerprint density at radius 1 is 0.333 bits per heavy atom. The first kappa shape index (κ1) is 23.1. The van der Waals surface area contributed by atoms with E-state index in [1.165, 1.54) is 43.8 Å². The van der Waals surface area contributed by atoms with E-state index in [1.807, 2.05) is 12.3 Å². The van der Waals surface area contributed by atoms with Crippen molar-refractivity contribution >= 4 is 54.5 Å². The molecule has 0 N–H and O–H groups in total. The second kappa shape index (κ2) is 8.95. The number of furan rings is 2. The fourth-order valence-electron chi connectivity index (χ4n) is 6.65. The van der Waals surface area contributed by atoms with Crippen LogP contribution in [0.3, 0.4) is 0 Å². The third-order valence-electron chi connectivity index (χ3n) is 8.53. The Hall–Kier alpha value is -5.60. The fourth-order valence-corrected chi connectivity index (χ4v) is 6.65. The lowest BCUT2D eigenvalue weighted by molar-refractivity contribution is 0.617. The molecule has 0 unspecified atom stereocenters. The smallest absolute Gasteiger partial charge is 0.136 e. The number of fused-ring (bicyclic) bond motifs is 6. The molecule has 9 rings (SSSR count). The molecule has 0 saturated heterocycles. The molecule has 42 heavy (non-hydrogen) atoms. The summed E-state index contributed by atoms with van der Waals surface area (Å²) in [7, 11) is 0. The Labute approximate surface area is 242 Å². The summed E-state index contributed by atoms with van der Waals surface area (Å²) >= 11 is 0. The predicted molar refractivity (Wildman–Crippen MR) is 175 cm³/mol. The SMILES string of the molecule is c1ccc(-c2coc3cc4c(cc23)oc2ccc(-c3c5ccccc5c(-c5ccccc5)c5ccccc35)cc24)cc1. The fraction of sp³-hybridized carbons (Fsp3) is 0. The molecule has 2 aromatic heterocycles. The van der Waals surface area contributed by atoms with Crippen molar-refractivity contribution in [3.63, 3.8) is 0 Å². The van der Waals surface area contributed by atoms with Crippen molar-refractivity contribution < 1.29 is 8.83 Å². The van der Waals surface area contributed by atoms with Crippen molar-refractivity contribution in [1.82, 2.24) is 0 Å². The lowest BCUT2D eigenvalue weighted by Crippen LogP contribution is -1.90. The maximum absolute atomic E-state index is 6.42. The highest BCUT2D eigenvalue weighted by Crippen LogP contribution is 2.45. The van der Waals surface area contributed by atoms with Gasteiger partial charge in [0.05, 0.1) is 6.26 Å². The van der Waals surface area contributed by atoms with Crippen LogP contribution in [0.2, 0.25) is 0 Å². The molecule has 0 fully saturated rings. The van der Waals surface area contributed by atoms with Crippen LogP contribution in [0.4, 0.5) is 0 Å². The van der Waals surface area contributed by atoms with Crippen molar-refractivity contribution in [2.75, 3.05) is 0 Å². The summed E-state index contributed by atoms with van der Waals surface area (Å²) in [6.45, 7) is 0. The van der Waals surface area contributed by atoms with E-state index >= 15 is 0 Å². The van der Waals surface area contributed by atoms with E-state index in [4.69, 9.17) is 8.83 Å². The van der Waals surface area contributed by atoms with Crippen molar-refractivity contribution in [1.29, 1.82) is 0 Å². The molecule has 0 aliphatic heterocycles. The van der Waals surface area contributed by atoms with Gasteiger partial charge in [0.15, 0.2) is 0 Å². The molecule has 2 heteroatoms. The highest BCUT2D eigenvalue weighted by molar-refractivity contribution is 6.22. The lowest BCUT2D eigenvalue weighted by Gasteiger charge is -2.17. The van der Waals surface area contributed by atoms with Crippen LogP contribution in [0.1, 0.15) is 0 Å². The standard InChI is InChI=1S/C40H24O2/c1-3-11-25(12-4-1)35-24-41-37-22-33-32-21-27(19-20-36(32)42-38(33)23-34(35)37)40-30-17-9-7-15-28(30)39(26-13-5-2-6-14-26)29-16-8-10-18-31(29)40/h1-24H. The van der Waals surface area contributed by atoms with Gasteiger partial charge in [-0.3, -0.25) is 0 Å². The maximum atomic E-state index is 6.42.